The first kappa shape index (κ1) is 15.0. The highest BCUT2D eigenvalue weighted by Crippen LogP contribution is 2.19. The van der Waals surface area contributed by atoms with Crippen LogP contribution in [-0.4, -0.2) is 38.0 Å². The molecular weight excluding hydrogens is 330 g/mol. The molecule has 0 radical (unpaired) electrons. The molecule has 0 spiro atoms. The Morgan fingerprint density at radius 2 is 1.74 bits per heavy atom. The fourth-order valence-corrected chi connectivity index (χ4v) is 4.18. The molecule has 1 aliphatic heterocycles. The van der Waals surface area contributed by atoms with Crippen molar-refractivity contribution in [2.75, 3.05) is 13.1 Å². The Morgan fingerprint density at radius 3 is 2.26 bits per heavy atom. The van der Waals surface area contributed by atoms with Gasteiger partial charge in [0, 0.05) is 17.6 Å². The van der Waals surface area contributed by atoms with Crippen molar-refractivity contribution >= 4 is 26.0 Å². The lowest BCUT2D eigenvalue weighted by Crippen LogP contribution is -2.48. The smallest absolute Gasteiger partial charge is 0.218 e. The Balaban J connectivity index is 2.11. The number of halogens is 1. The summed E-state index contributed by atoms with van der Waals surface area (Å²) in [5, 5.41) is 0. The normalized spacial score (nSPS) is 25.4. The molecule has 0 aliphatic carbocycles. The number of benzene rings is 1. The largest absolute Gasteiger partial charge is 0.373 e. The van der Waals surface area contributed by atoms with Gasteiger partial charge in [-0.25, -0.2) is 8.42 Å². The number of ether oxygens (including phenoxy) is 1. The van der Waals surface area contributed by atoms with Crippen LogP contribution in [0.1, 0.15) is 19.4 Å². The topological polar surface area (TPSA) is 46.6 Å². The average Bonchev–Trinajstić information content (AvgIpc) is 2.31. The van der Waals surface area contributed by atoms with Crippen molar-refractivity contribution in [2.24, 2.45) is 0 Å². The van der Waals surface area contributed by atoms with Crippen LogP contribution in [0.2, 0.25) is 0 Å². The first-order chi connectivity index (χ1) is 8.87. The van der Waals surface area contributed by atoms with Gasteiger partial charge >= 0.3 is 0 Å². The second kappa shape index (κ2) is 5.91. The van der Waals surface area contributed by atoms with E-state index in [4.69, 9.17) is 4.74 Å². The molecule has 0 aromatic heterocycles. The Hall–Kier alpha value is -0.430. The van der Waals surface area contributed by atoms with Gasteiger partial charge in [0.15, 0.2) is 0 Å². The van der Waals surface area contributed by atoms with Gasteiger partial charge in [-0.3, -0.25) is 0 Å². The standard InChI is InChI=1S/C13H18BrNO3S/c1-10-7-15(8-11(2)18-10)19(16,17)9-12-3-5-13(14)6-4-12/h3-6,10-11H,7-9H2,1-2H3/t10-,11-/m1/s1. The molecule has 1 fully saturated rings. The number of hydrogen-bond donors (Lipinski definition) is 0. The maximum absolute atomic E-state index is 12.4. The second-order valence-electron chi connectivity index (χ2n) is 4.96. The summed E-state index contributed by atoms with van der Waals surface area (Å²) < 4.78 is 32.8. The minimum absolute atomic E-state index is 0.0414. The van der Waals surface area contributed by atoms with Gasteiger partial charge < -0.3 is 4.74 Å². The molecule has 0 amide bonds. The zero-order chi connectivity index (χ0) is 14.0. The monoisotopic (exact) mass is 347 g/mol. The molecule has 0 saturated carbocycles. The fourth-order valence-electron chi connectivity index (χ4n) is 2.24. The van der Waals surface area contributed by atoms with Gasteiger partial charge in [0.2, 0.25) is 10.0 Å². The quantitative estimate of drug-likeness (QED) is 0.843. The van der Waals surface area contributed by atoms with E-state index in [0.29, 0.717) is 13.1 Å². The van der Waals surface area contributed by atoms with Gasteiger partial charge in [-0.2, -0.15) is 4.31 Å². The van der Waals surface area contributed by atoms with E-state index in [1.165, 1.54) is 4.31 Å². The second-order valence-corrected chi connectivity index (χ2v) is 7.84. The highest BCUT2D eigenvalue weighted by molar-refractivity contribution is 9.10. The van der Waals surface area contributed by atoms with Crippen molar-refractivity contribution in [1.82, 2.24) is 4.31 Å². The van der Waals surface area contributed by atoms with E-state index in [9.17, 15) is 8.42 Å². The number of morpholine rings is 1. The van der Waals surface area contributed by atoms with Crippen molar-refractivity contribution in [2.45, 2.75) is 31.8 Å². The number of nitrogens with zero attached hydrogens (tertiary/aromatic N) is 1. The number of hydrogen-bond acceptors (Lipinski definition) is 3. The Bertz CT molecular complexity index is 519. The maximum atomic E-state index is 12.4. The third-order valence-corrected chi connectivity index (χ3v) is 5.35. The van der Waals surface area contributed by atoms with Crippen LogP contribution in [-0.2, 0) is 20.5 Å². The van der Waals surface area contributed by atoms with Gasteiger partial charge in [-0.1, -0.05) is 28.1 Å². The summed E-state index contributed by atoms with van der Waals surface area (Å²) in [5.41, 5.74) is 0.801. The zero-order valence-electron chi connectivity index (χ0n) is 11.0. The Morgan fingerprint density at radius 1 is 1.21 bits per heavy atom. The molecule has 0 unspecified atom stereocenters. The molecule has 1 aromatic carbocycles. The van der Waals surface area contributed by atoms with Gasteiger partial charge in [-0.15, -0.1) is 0 Å². The van der Waals surface area contributed by atoms with E-state index in [1.807, 2.05) is 38.1 Å². The van der Waals surface area contributed by atoms with Gasteiger partial charge in [0.05, 0.1) is 18.0 Å². The van der Waals surface area contributed by atoms with Gasteiger partial charge in [0.25, 0.3) is 0 Å². The average molecular weight is 348 g/mol. The van der Waals surface area contributed by atoms with Crippen LogP contribution < -0.4 is 0 Å². The van der Waals surface area contributed by atoms with Crippen molar-refractivity contribution in [3.63, 3.8) is 0 Å². The number of rotatable bonds is 3. The van der Waals surface area contributed by atoms with Crippen molar-refractivity contribution in [3.05, 3.63) is 34.3 Å². The van der Waals surface area contributed by atoms with Crippen LogP contribution in [0.5, 0.6) is 0 Å². The first-order valence-electron chi connectivity index (χ1n) is 6.24. The molecule has 6 heteroatoms. The Labute approximate surface area is 122 Å². The summed E-state index contributed by atoms with van der Waals surface area (Å²) >= 11 is 3.34. The lowest BCUT2D eigenvalue weighted by Gasteiger charge is -2.34. The van der Waals surface area contributed by atoms with Crippen LogP contribution in [0.3, 0.4) is 0 Å². The van der Waals surface area contributed by atoms with Gasteiger partial charge in [-0.05, 0) is 31.5 Å². The molecule has 4 nitrogen and oxygen atoms in total. The highest BCUT2D eigenvalue weighted by Gasteiger charge is 2.30. The van der Waals surface area contributed by atoms with Crippen molar-refractivity contribution in [1.29, 1.82) is 0 Å². The van der Waals surface area contributed by atoms with Crippen LogP contribution in [0, 0.1) is 0 Å². The van der Waals surface area contributed by atoms with E-state index in [-0.39, 0.29) is 18.0 Å². The number of sulfonamides is 1. The van der Waals surface area contributed by atoms with Crippen molar-refractivity contribution in [3.8, 4) is 0 Å². The van der Waals surface area contributed by atoms with Crippen LogP contribution in [0.4, 0.5) is 0 Å². The van der Waals surface area contributed by atoms with E-state index in [2.05, 4.69) is 15.9 Å². The predicted octanol–water partition coefficient (Wildman–Crippen LogP) is 2.39. The third-order valence-electron chi connectivity index (χ3n) is 3.04. The lowest BCUT2D eigenvalue weighted by atomic mass is 10.2. The van der Waals surface area contributed by atoms with E-state index >= 15 is 0 Å². The molecular formula is C13H18BrNO3S. The minimum atomic E-state index is -3.28. The summed E-state index contributed by atoms with van der Waals surface area (Å²) in [7, 11) is -3.28. The van der Waals surface area contributed by atoms with E-state index < -0.39 is 10.0 Å². The van der Waals surface area contributed by atoms with Crippen molar-refractivity contribution < 1.29 is 13.2 Å². The van der Waals surface area contributed by atoms with E-state index in [1.54, 1.807) is 0 Å². The maximum Gasteiger partial charge on any atom is 0.218 e. The summed E-state index contributed by atoms with van der Waals surface area (Å²) in [4.78, 5) is 0. The third kappa shape index (κ3) is 4.02. The fraction of sp³-hybridized carbons (Fsp3) is 0.538. The van der Waals surface area contributed by atoms with Crippen LogP contribution in [0.15, 0.2) is 28.7 Å². The van der Waals surface area contributed by atoms with Crippen LogP contribution >= 0.6 is 15.9 Å². The Kier molecular flexibility index (Phi) is 4.66. The molecule has 1 aromatic rings. The molecule has 1 saturated heterocycles. The molecule has 19 heavy (non-hydrogen) atoms. The molecule has 106 valence electrons. The molecule has 2 atom stereocenters. The minimum Gasteiger partial charge on any atom is -0.373 e. The summed E-state index contributed by atoms with van der Waals surface area (Å²) in [6.45, 7) is 4.67. The molecule has 1 heterocycles. The molecule has 1 aliphatic rings. The summed E-state index contributed by atoms with van der Waals surface area (Å²) in [6, 6.07) is 7.37. The predicted molar refractivity (Wildman–Crippen MR) is 78.3 cm³/mol. The van der Waals surface area contributed by atoms with Crippen LogP contribution in [0.25, 0.3) is 0 Å². The van der Waals surface area contributed by atoms with Gasteiger partial charge in [0.1, 0.15) is 0 Å². The molecule has 0 N–H and O–H groups in total. The SMILES string of the molecule is C[C@@H]1CN(S(=O)(=O)Cc2ccc(Br)cc2)C[C@@H](C)O1. The van der Waals surface area contributed by atoms with E-state index in [0.717, 1.165) is 10.0 Å². The zero-order valence-corrected chi connectivity index (χ0v) is 13.4. The summed E-state index contributed by atoms with van der Waals surface area (Å²) in [5.74, 6) is 0.0414. The molecule has 2 rings (SSSR count). The molecule has 0 bridgehead atoms. The lowest BCUT2D eigenvalue weighted by molar-refractivity contribution is -0.0441. The summed E-state index contributed by atoms with van der Waals surface area (Å²) in [6.07, 6.45) is -0.105. The first-order valence-corrected chi connectivity index (χ1v) is 8.65. The highest BCUT2D eigenvalue weighted by atomic mass is 79.9.